The first-order chi connectivity index (χ1) is 6.59. The highest BCUT2D eigenvalue weighted by molar-refractivity contribution is 14.1. The first-order valence-electron chi connectivity index (χ1n) is 5.09. The second-order valence-corrected chi connectivity index (χ2v) is 5.31. The number of hydrogen-bond donors (Lipinski definition) is 1. The number of aryl methyl sites for hydroxylation is 1. The lowest BCUT2D eigenvalue weighted by Gasteiger charge is -2.11. The average Bonchev–Trinajstić information content (AvgIpc) is 2.08. The van der Waals surface area contributed by atoms with Crippen LogP contribution in [-0.2, 0) is 0 Å². The first-order valence-corrected chi connectivity index (χ1v) is 6.17. The molecule has 14 heavy (non-hydrogen) atoms. The Morgan fingerprint density at radius 3 is 2.64 bits per heavy atom. The SMILES string of the molecule is Cc1cc(I)ccc1NCCC(C)C. The summed E-state index contributed by atoms with van der Waals surface area (Å²) in [5.41, 5.74) is 2.60. The molecule has 1 N–H and O–H groups in total. The Hall–Kier alpha value is -0.250. The van der Waals surface area contributed by atoms with Gasteiger partial charge in [-0.1, -0.05) is 13.8 Å². The minimum Gasteiger partial charge on any atom is -0.385 e. The summed E-state index contributed by atoms with van der Waals surface area (Å²) in [5.74, 6) is 0.770. The van der Waals surface area contributed by atoms with Gasteiger partial charge in [0.05, 0.1) is 0 Å². The van der Waals surface area contributed by atoms with E-state index in [0.717, 1.165) is 12.5 Å². The lowest BCUT2D eigenvalue weighted by Crippen LogP contribution is -2.05. The number of nitrogens with one attached hydrogen (secondary N) is 1. The highest BCUT2D eigenvalue weighted by atomic mass is 127. The lowest BCUT2D eigenvalue weighted by atomic mass is 10.1. The van der Waals surface area contributed by atoms with E-state index in [2.05, 4.69) is 66.9 Å². The molecule has 0 spiro atoms. The molecule has 0 aliphatic rings. The molecule has 1 aromatic carbocycles. The molecule has 0 saturated carbocycles. The topological polar surface area (TPSA) is 12.0 Å². The summed E-state index contributed by atoms with van der Waals surface area (Å²) in [4.78, 5) is 0. The van der Waals surface area contributed by atoms with Crippen LogP contribution in [0, 0.1) is 16.4 Å². The third kappa shape index (κ3) is 3.86. The highest BCUT2D eigenvalue weighted by Gasteiger charge is 1.98. The highest BCUT2D eigenvalue weighted by Crippen LogP contribution is 2.17. The fourth-order valence-corrected chi connectivity index (χ4v) is 1.97. The molecule has 0 atom stereocenters. The molecule has 0 heterocycles. The van der Waals surface area contributed by atoms with Crippen LogP contribution in [0.1, 0.15) is 25.8 Å². The summed E-state index contributed by atoms with van der Waals surface area (Å²) < 4.78 is 1.30. The van der Waals surface area contributed by atoms with E-state index in [0.29, 0.717) is 0 Å². The molecule has 0 radical (unpaired) electrons. The van der Waals surface area contributed by atoms with Crippen LogP contribution in [0.4, 0.5) is 5.69 Å². The molecule has 0 aliphatic carbocycles. The van der Waals surface area contributed by atoms with Gasteiger partial charge in [-0.15, -0.1) is 0 Å². The van der Waals surface area contributed by atoms with Gasteiger partial charge in [0.15, 0.2) is 0 Å². The van der Waals surface area contributed by atoms with E-state index in [4.69, 9.17) is 0 Å². The summed E-state index contributed by atoms with van der Waals surface area (Å²) in [6, 6.07) is 6.51. The second kappa shape index (κ2) is 5.59. The molecule has 0 unspecified atom stereocenters. The minimum absolute atomic E-state index is 0.770. The quantitative estimate of drug-likeness (QED) is 0.827. The zero-order valence-corrected chi connectivity index (χ0v) is 11.3. The normalized spacial score (nSPS) is 10.6. The van der Waals surface area contributed by atoms with Gasteiger partial charge in [-0.05, 0) is 65.6 Å². The minimum atomic E-state index is 0.770. The third-order valence-corrected chi connectivity index (χ3v) is 2.90. The summed E-state index contributed by atoms with van der Waals surface area (Å²) in [6.45, 7) is 7.73. The van der Waals surface area contributed by atoms with Crippen molar-refractivity contribution < 1.29 is 0 Å². The zero-order valence-electron chi connectivity index (χ0n) is 9.10. The molecule has 0 aliphatic heterocycles. The van der Waals surface area contributed by atoms with Crippen molar-refractivity contribution in [2.75, 3.05) is 11.9 Å². The molecule has 1 aromatic rings. The van der Waals surface area contributed by atoms with E-state index in [1.807, 2.05) is 0 Å². The third-order valence-electron chi connectivity index (χ3n) is 2.23. The number of anilines is 1. The van der Waals surface area contributed by atoms with E-state index in [1.165, 1.54) is 21.2 Å². The van der Waals surface area contributed by atoms with Gasteiger partial charge >= 0.3 is 0 Å². The number of hydrogen-bond acceptors (Lipinski definition) is 1. The summed E-state index contributed by atoms with van der Waals surface area (Å²) in [6.07, 6.45) is 1.23. The first kappa shape index (κ1) is 11.8. The van der Waals surface area contributed by atoms with E-state index in [1.54, 1.807) is 0 Å². The maximum absolute atomic E-state index is 3.47. The maximum Gasteiger partial charge on any atom is 0.0370 e. The Labute approximate surface area is 100 Å². The molecule has 0 fully saturated rings. The van der Waals surface area contributed by atoms with Gasteiger partial charge in [0.2, 0.25) is 0 Å². The van der Waals surface area contributed by atoms with E-state index in [-0.39, 0.29) is 0 Å². The summed E-state index contributed by atoms with van der Waals surface area (Å²) in [5, 5.41) is 3.47. The molecule has 1 rings (SSSR count). The van der Waals surface area contributed by atoms with Gasteiger partial charge in [0.1, 0.15) is 0 Å². The Bertz CT molecular complexity index is 294. The smallest absolute Gasteiger partial charge is 0.0370 e. The molecule has 1 nitrogen and oxygen atoms in total. The molecular formula is C12H18IN. The molecule has 0 amide bonds. The molecule has 2 heteroatoms. The average molecular weight is 303 g/mol. The van der Waals surface area contributed by atoms with Crippen molar-refractivity contribution in [3.63, 3.8) is 0 Å². The number of rotatable bonds is 4. The van der Waals surface area contributed by atoms with Gasteiger partial charge in [0.25, 0.3) is 0 Å². The van der Waals surface area contributed by atoms with Crippen molar-refractivity contribution in [2.24, 2.45) is 5.92 Å². The van der Waals surface area contributed by atoms with Crippen LogP contribution in [0.2, 0.25) is 0 Å². The maximum atomic E-state index is 3.47. The van der Waals surface area contributed by atoms with Crippen molar-refractivity contribution in [3.8, 4) is 0 Å². The van der Waals surface area contributed by atoms with Crippen LogP contribution in [0.5, 0.6) is 0 Å². The van der Waals surface area contributed by atoms with Gasteiger partial charge in [-0.2, -0.15) is 0 Å². The van der Waals surface area contributed by atoms with Gasteiger partial charge in [0, 0.05) is 15.8 Å². The van der Waals surface area contributed by atoms with Gasteiger partial charge in [-0.25, -0.2) is 0 Å². The zero-order chi connectivity index (χ0) is 10.6. The van der Waals surface area contributed by atoms with E-state index < -0.39 is 0 Å². The Morgan fingerprint density at radius 2 is 2.07 bits per heavy atom. The van der Waals surface area contributed by atoms with Crippen LogP contribution >= 0.6 is 22.6 Å². The monoisotopic (exact) mass is 303 g/mol. The van der Waals surface area contributed by atoms with Crippen LogP contribution in [-0.4, -0.2) is 6.54 Å². The molecule has 0 aromatic heterocycles. The van der Waals surface area contributed by atoms with Crippen molar-refractivity contribution in [1.29, 1.82) is 0 Å². The van der Waals surface area contributed by atoms with Crippen LogP contribution < -0.4 is 5.32 Å². The van der Waals surface area contributed by atoms with Gasteiger partial charge in [-0.3, -0.25) is 0 Å². The summed E-state index contributed by atoms with van der Waals surface area (Å²) >= 11 is 2.34. The molecule has 0 bridgehead atoms. The fraction of sp³-hybridized carbons (Fsp3) is 0.500. The van der Waals surface area contributed by atoms with Crippen molar-refractivity contribution in [1.82, 2.24) is 0 Å². The lowest BCUT2D eigenvalue weighted by molar-refractivity contribution is 0.607. The van der Waals surface area contributed by atoms with Gasteiger partial charge < -0.3 is 5.32 Å². The molecule has 0 saturated heterocycles. The fourth-order valence-electron chi connectivity index (χ4n) is 1.32. The van der Waals surface area contributed by atoms with Crippen LogP contribution in [0.3, 0.4) is 0 Å². The van der Waals surface area contributed by atoms with Crippen molar-refractivity contribution in [3.05, 3.63) is 27.3 Å². The Morgan fingerprint density at radius 1 is 1.36 bits per heavy atom. The second-order valence-electron chi connectivity index (χ2n) is 4.07. The predicted molar refractivity (Wildman–Crippen MR) is 71.8 cm³/mol. The van der Waals surface area contributed by atoms with Crippen molar-refractivity contribution in [2.45, 2.75) is 27.2 Å². The van der Waals surface area contributed by atoms with Crippen LogP contribution in [0.25, 0.3) is 0 Å². The number of halogens is 1. The van der Waals surface area contributed by atoms with Crippen LogP contribution in [0.15, 0.2) is 18.2 Å². The van der Waals surface area contributed by atoms with Crippen molar-refractivity contribution >= 4 is 28.3 Å². The Kier molecular flexibility index (Phi) is 4.72. The largest absolute Gasteiger partial charge is 0.385 e. The predicted octanol–water partition coefficient (Wildman–Crippen LogP) is 4.06. The Balaban J connectivity index is 2.51. The standard InChI is InChI=1S/C12H18IN/c1-9(2)6-7-14-12-5-4-11(13)8-10(12)3/h4-5,8-9,14H,6-7H2,1-3H3. The summed E-state index contributed by atoms with van der Waals surface area (Å²) in [7, 11) is 0. The van der Waals surface area contributed by atoms with E-state index >= 15 is 0 Å². The number of benzene rings is 1. The molecular weight excluding hydrogens is 285 g/mol. The van der Waals surface area contributed by atoms with E-state index in [9.17, 15) is 0 Å². The molecule has 78 valence electrons.